The van der Waals surface area contributed by atoms with Crippen LogP contribution in [0.3, 0.4) is 0 Å². The van der Waals surface area contributed by atoms with Gasteiger partial charge in [0.1, 0.15) is 0 Å². The number of carbonyl (C=O) groups excluding carboxylic acids is 1. The van der Waals surface area contributed by atoms with Gasteiger partial charge >= 0.3 is 6.03 Å². The van der Waals surface area contributed by atoms with Crippen LogP contribution in [-0.4, -0.2) is 23.3 Å². The predicted octanol–water partition coefficient (Wildman–Crippen LogP) is 3.42. The van der Waals surface area contributed by atoms with E-state index < -0.39 is 5.54 Å². The van der Waals surface area contributed by atoms with Crippen molar-refractivity contribution in [1.29, 1.82) is 0 Å². The lowest BCUT2D eigenvalue weighted by atomic mass is 9.99. The summed E-state index contributed by atoms with van der Waals surface area (Å²) in [5, 5.41) is 15.9. The van der Waals surface area contributed by atoms with Crippen LogP contribution in [0.5, 0.6) is 0 Å². The second-order valence-corrected chi connectivity index (χ2v) is 5.76. The third-order valence-corrected chi connectivity index (χ3v) is 3.80. The molecule has 3 N–H and O–H groups in total. The third kappa shape index (κ3) is 3.75. The topological polar surface area (TPSA) is 61.4 Å². The third-order valence-electron chi connectivity index (χ3n) is 3.36. The Hall–Kier alpha value is -0.970. The first-order chi connectivity index (χ1) is 9.03. The van der Waals surface area contributed by atoms with E-state index in [1.165, 1.54) is 0 Å². The van der Waals surface area contributed by atoms with Crippen LogP contribution in [0.25, 0.3) is 0 Å². The number of halogens is 2. The molecule has 19 heavy (non-hydrogen) atoms. The number of benzene rings is 1. The maximum Gasteiger partial charge on any atom is 0.319 e. The number of rotatable bonds is 3. The van der Waals surface area contributed by atoms with Crippen LogP contribution >= 0.6 is 23.2 Å². The van der Waals surface area contributed by atoms with Gasteiger partial charge in [-0.15, -0.1) is 0 Å². The van der Waals surface area contributed by atoms with Gasteiger partial charge in [-0.1, -0.05) is 36.0 Å². The smallest absolute Gasteiger partial charge is 0.319 e. The van der Waals surface area contributed by atoms with Crippen LogP contribution in [-0.2, 0) is 0 Å². The van der Waals surface area contributed by atoms with Gasteiger partial charge in [0.05, 0.1) is 12.1 Å². The molecule has 2 rings (SSSR count). The van der Waals surface area contributed by atoms with Crippen LogP contribution < -0.4 is 10.6 Å². The Morgan fingerprint density at radius 1 is 1.21 bits per heavy atom. The van der Waals surface area contributed by atoms with Gasteiger partial charge in [0.2, 0.25) is 0 Å². The largest absolute Gasteiger partial charge is 0.394 e. The molecule has 1 aliphatic rings. The number of aliphatic hydroxyl groups excluding tert-OH is 1. The first-order valence-corrected chi connectivity index (χ1v) is 6.95. The van der Waals surface area contributed by atoms with Crippen LogP contribution in [0.1, 0.15) is 25.7 Å². The summed E-state index contributed by atoms with van der Waals surface area (Å²) in [5.41, 5.74) is 0.0352. The zero-order chi connectivity index (χ0) is 13.9. The first-order valence-electron chi connectivity index (χ1n) is 6.19. The van der Waals surface area contributed by atoms with Gasteiger partial charge in [0, 0.05) is 15.7 Å². The molecule has 1 aromatic carbocycles. The molecule has 4 nitrogen and oxygen atoms in total. The molecule has 0 radical (unpaired) electrons. The number of aliphatic hydroxyl groups is 1. The number of urea groups is 1. The Morgan fingerprint density at radius 2 is 1.79 bits per heavy atom. The van der Waals surface area contributed by atoms with E-state index in [1.54, 1.807) is 18.2 Å². The summed E-state index contributed by atoms with van der Waals surface area (Å²) in [4.78, 5) is 11.9. The minimum atomic E-state index is -0.494. The monoisotopic (exact) mass is 302 g/mol. The molecule has 1 aliphatic carbocycles. The summed E-state index contributed by atoms with van der Waals surface area (Å²) < 4.78 is 0. The zero-order valence-electron chi connectivity index (χ0n) is 10.4. The highest BCUT2D eigenvalue weighted by Crippen LogP contribution is 2.29. The molecule has 0 saturated heterocycles. The number of anilines is 1. The molecule has 6 heteroatoms. The van der Waals surface area contributed by atoms with E-state index in [1.807, 2.05) is 0 Å². The average molecular weight is 303 g/mol. The molecule has 0 spiro atoms. The maximum absolute atomic E-state index is 11.9. The number of nitrogens with one attached hydrogen (secondary N) is 2. The van der Waals surface area contributed by atoms with Crippen LogP contribution in [0.4, 0.5) is 10.5 Å². The molecule has 0 unspecified atom stereocenters. The summed E-state index contributed by atoms with van der Waals surface area (Å²) in [7, 11) is 0. The number of carbonyl (C=O) groups is 1. The van der Waals surface area contributed by atoms with Crippen molar-refractivity contribution in [3.8, 4) is 0 Å². The van der Waals surface area contributed by atoms with Crippen molar-refractivity contribution in [3.05, 3.63) is 28.2 Å². The van der Waals surface area contributed by atoms with Gasteiger partial charge in [0.25, 0.3) is 0 Å². The van der Waals surface area contributed by atoms with Crippen molar-refractivity contribution in [1.82, 2.24) is 5.32 Å². The Morgan fingerprint density at radius 3 is 2.32 bits per heavy atom. The first kappa shape index (κ1) is 14.4. The summed E-state index contributed by atoms with van der Waals surface area (Å²) in [6, 6.07) is 4.48. The van der Waals surface area contributed by atoms with Gasteiger partial charge in [-0.3, -0.25) is 0 Å². The molecule has 0 aliphatic heterocycles. The van der Waals surface area contributed by atoms with Gasteiger partial charge in [-0.25, -0.2) is 4.79 Å². The lowest BCUT2D eigenvalue weighted by Crippen LogP contribution is -2.50. The van der Waals surface area contributed by atoms with Crippen LogP contribution in [0.15, 0.2) is 18.2 Å². The van der Waals surface area contributed by atoms with Gasteiger partial charge < -0.3 is 15.7 Å². The Labute approximate surface area is 122 Å². The fourth-order valence-corrected chi connectivity index (χ4v) is 2.93. The van der Waals surface area contributed by atoms with Crippen molar-refractivity contribution in [2.24, 2.45) is 0 Å². The van der Waals surface area contributed by atoms with Gasteiger partial charge in [-0.05, 0) is 31.0 Å². The number of hydrogen-bond acceptors (Lipinski definition) is 2. The Bertz CT molecular complexity index is 453. The molecule has 0 bridgehead atoms. The SMILES string of the molecule is O=C(Nc1cc(Cl)cc(Cl)c1)NC1(CO)CCCC1. The average Bonchev–Trinajstić information content (AvgIpc) is 2.76. The summed E-state index contributed by atoms with van der Waals surface area (Å²) in [6.45, 7) is -0.0449. The normalized spacial score (nSPS) is 17.2. The van der Waals surface area contributed by atoms with E-state index >= 15 is 0 Å². The molecule has 0 heterocycles. The fourth-order valence-electron chi connectivity index (χ4n) is 2.40. The lowest BCUT2D eigenvalue weighted by Gasteiger charge is -2.28. The van der Waals surface area contributed by atoms with Gasteiger partial charge in [0.15, 0.2) is 0 Å². The van der Waals surface area contributed by atoms with E-state index in [9.17, 15) is 9.90 Å². The summed E-state index contributed by atoms with van der Waals surface area (Å²) in [6.07, 6.45) is 3.63. The fraction of sp³-hybridized carbons (Fsp3) is 0.462. The number of amides is 2. The molecular weight excluding hydrogens is 287 g/mol. The molecule has 1 aromatic rings. The van der Waals surface area contributed by atoms with Crippen molar-refractivity contribution in [2.75, 3.05) is 11.9 Å². The minimum Gasteiger partial charge on any atom is -0.394 e. The van der Waals surface area contributed by atoms with E-state index in [-0.39, 0.29) is 12.6 Å². The van der Waals surface area contributed by atoms with Crippen molar-refractivity contribution < 1.29 is 9.90 Å². The molecular formula is C13H16Cl2N2O2. The van der Waals surface area contributed by atoms with Gasteiger partial charge in [-0.2, -0.15) is 0 Å². The highest BCUT2D eigenvalue weighted by Gasteiger charge is 2.34. The highest BCUT2D eigenvalue weighted by molar-refractivity contribution is 6.35. The van der Waals surface area contributed by atoms with Crippen molar-refractivity contribution in [3.63, 3.8) is 0 Å². The lowest BCUT2D eigenvalue weighted by molar-refractivity contribution is 0.167. The Balaban J connectivity index is 2.00. The molecule has 0 aromatic heterocycles. The molecule has 0 atom stereocenters. The quantitative estimate of drug-likeness (QED) is 0.801. The second kappa shape index (κ2) is 5.99. The standard InChI is InChI=1S/C13H16Cl2N2O2/c14-9-5-10(15)7-11(6-9)16-12(19)17-13(8-18)3-1-2-4-13/h5-7,18H,1-4,8H2,(H2,16,17,19). The molecule has 1 fully saturated rings. The van der Waals surface area contributed by atoms with Crippen LogP contribution in [0, 0.1) is 0 Å². The van der Waals surface area contributed by atoms with E-state index in [0.29, 0.717) is 15.7 Å². The van der Waals surface area contributed by atoms with E-state index in [0.717, 1.165) is 25.7 Å². The van der Waals surface area contributed by atoms with E-state index in [2.05, 4.69) is 10.6 Å². The highest BCUT2D eigenvalue weighted by atomic mass is 35.5. The predicted molar refractivity (Wildman–Crippen MR) is 76.9 cm³/mol. The molecule has 2 amide bonds. The molecule has 104 valence electrons. The van der Waals surface area contributed by atoms with E-state index in [4.69, 9.17) is 23.2 Å². The summed E-state index contributed by atoms with van der Waals surface area (Å²) in [5.74, 6) is 0. The number of hydrogen-bond donors (Lipinski definition) is 3. The Kier molecular flexibility index (Phi) is 4.55. The molecule has 1 saturated carbocycles. The zero-order valence-corrected chi connectivity index (χ0v) is 11.9. The second-order valence-electron chi connectivity index (χ2n) is 4.88. The van der Waals surface area contributed by atoms with Crippen LogP contribution in [0.2, 0.25) is 10.0 Å². The summed E-state index contributed by atoms with van der Waals surface area (Å²) >= 11 is 11.7. The van der Waals surface area contributed by atoms with Crippen molar-refractivity contribution in [2.45, 2.75) is 31.2 Å². The minimum absolute atomic E-state index is 0.0449. The van der Waals surface area contributed by atoms with Crippen molar-refractivity contribution >= 4 is 34.9 Å². The maximum atomic E-state index is 11.9.